The number of nitrogens with zero attached hydrogens (tertiary/aromatic N) is 7. The van der Waals surface area contributed by atoms with Crippen molar-refractivity contribution in [3.8, 4) is 16.3 Å². The zero-order chi connectivity index (χ0) is 46.3. The van der Waals surface area contributed by atoms with Gasteiger partial charge in [0.15, 0.2) is 5.82 Å². The summed E-state index contributed by atoms with van der Waals surface area (Å²) in [5.74, 6) is 0.310. The molecule has 8 rings (SSSR count). The molecule has 2 aromatic carbocycles. The molecule has 19 heteroatoms. The van der Waals surface area contributed by atoms with Gasteiger partial charge in [0, 0.05) is 57.8 Å². The summed E-state index contributed by atoms with van der Waals surface area (Å²) in [4.78, 5) is 63.2. The first-order valence-electron chi connectivity index (χ1n) is 22.7. The molecular weight excluding hydrogens is 898 g/mol. The largest absolute Gasteiger partial charge is 0.378 e. The van der Waals surface area contributed by atoms with E-state index in [1.54, 1.807) is 23.2 Å². The minimum Gasteiger partial charge on any atom is -0.378 e. The van der Waals surface area contributed by atoms with Crippen LogP contribution in [-0.4, -0.2) is 110 Å². The van der Waals surface area contributed by atoms with Crippen LogP contribution in [0, 0.1) is 26.7 Å². The van der Waals surface area contributed by atoms with E-state index in [4.69, 9.17) is 21.3 Å². The Kier molecular flexibility index (Phi) is 15.3. The molecule has 66 heavy (non-hydrogen) atoms. The van der Waals surface area contributed by atoms with Crippen LogP contribution in [0.15, 0.2) is 59.6 Å². The highest BCUT2D eigenvalue weighted by Gasteiger charge is 2.41. The molecular formula is C47H56ClN11O5S2. The van der Waals surface area contributed by atoms with Gasteiger partial charge in [0.2, 0.25) is 23.6 Å². The first kappa shape index (κ1) is 47.1. The number of aromatic nitrogens is 5. The topological polar surface area (TPSA) is 198 Å². The number of halogens is 1. The fourth-order valence-electron chi connectivity index (χ4n) is 9.05. The van der Waals surface area contributed by atoms with E-state index < -0.39 is 24.2 Å². The SMILES string of the molecule is Cc1sc2c(c1C)C(c1ccc(Cl)cc1)=N[C@@H](CC(=O)NCCOCCN[C@@H](C)C(=O)N[C@@H](C(=O)N1CCC[C@H]1C(=O)Nc1snnc1-c1ccccc1)C1CCCCC1)c1nnc(C)n1-2. The van der Waals surface area contributed by atoms with Gasteiger partial charge in [-0.2, -0.15) is 0 Å². The molecule has 0 bridgehead atoms. The fourth-order valence-corrected chi connectivity index (χ4v) is 11.0. The Labute approximate surface area is 397 Å². The number of benzene rings is 2. The molecule has 1 aliphatic carbocycles. The van der Waals surface area contributed by atoms with E-state index in [1.165, 1.54) is 4.88 Å². The van der Waals surface area contributed by atoms with Crippen molar-refractivity contribution in [3.05, 3.63) is 92.8 Å². The molecule has 4 atom stereocenters. The third-order valence-electron chi connectivity index (χ3n) is 12.7. The summed E-state index contributed by atoms with van der Waals surface area (Å²) >= 11 is 9.01. The van der Waals surface area contributed by atoms with E-state index in [0.29, 0.717) is 54.1 Å². The Balaban J connectivity index is 0.816. The van der Waals surface area contributed by atoms with Crippen LogP contribution in [0.3, 0.4) is 0 Å². The Hall–Kier alpha value is -5.40. The lowest BCUT2D eigenvalue weighted by Gasteiger charge is -2.35. The number of nitrogens with one attached hydrogen (secondary N) is 4. The number of thiophene rings is 1. The zero-order valence-corrected chi connectivity index (χ0v) is 40.0. The lowest BCUT2D eigenvalue weighted by atomic mass is 9.83. The average Bonchev–Trinajstić information content (AvgIpc) is 4.13. The van der Waals surface area contributed by atoms with E-state index >= 15 is 0 Å². The molecule has 2 fully saturated rings. The van der Waals surface area contributed by atoms with Crippen molar-refractivity contribution < 1.29 is 23.9 Å². The van der Waals surface area contributed by atoms with Gasteiger partial charge in [0.25, 0.3) is 0 Å². The van der Waals surface area contributed by atoms with Gasteiger partial charge in [0.1, 0.15) is 39.6 Å². The third kappa shape index (κ3) is 10.6. The molecule has 5 heterocycles. The van der Waals surface area contributed by atoms with Crippen molar-refractivity contribution in [2.75, 3.05) is 38.2 Å². The van der Waals surface area contributed by atoms with Crippen molar-refractivity contribution in [2.45, 2.75) is 103 Å². The molecule has 5 aromatic rings. The first-order valence-corrected chi connectivity index (χ1v) is 24.7. The standard InChI is InChI=1S/C47H56ClN11O5S2/c1-27-29(3)65-47-38(27)39(33-17-19-34(48)20-18-33)51-35(42-56-54-30(4)59(42)47)26-37(60)50-22-25-64-24-21-49-28(2)43(61)52-41(32-14-9-6-10-15-32)46(63)58-23-11-16-36(58)44(62)53-45-40(55-57-66-45)31-12-7-5-8-13-31/h5,7-8,12-13,17-20,28,32,35-36,41,49H,6,9-11,14-16,21-26H2,1-4H3,(H,50,60)(H,52,61)(H,53,62)/t28-,35-,36-,41+/m0/s1. The van der Waals surface area contributed by atoms with Crippen LogP contribution in [0.5, 0.6) is 0 Å². The Morgan fingerprint density at radius 3 is 2.42 bits per heavy atom. The number of likely N-dealkylation sites (tertiary alicyclic amines) is 1. The summed E-state index contributed by atoms with van der Waals surface area (Å²) < 4.78 is 11.9. The number of amides is 4. The number of carbonyl (C=O) groups is 4. The van der Waals surface area contributed by atoms with E-state index in [0.717, 1.165) is 82.4 Å². The summed E-state index contributed by atoms with van der Waals surface area (Å²) in [6.45, 7) is 9.49. The third-order valence-corrected chi connectivity index (χ3v) is 14.8. The predicted octanol–water partition coefficient (Wildman–Crippen LogP) is 6.51. The highest BCUT2D eigenvalue weighted by atomic mass is 35.5. The molecule has 0 unspecified atom stereocenters. The number of ether oxygens (including phenoxy) is 1. The lowest BCUT2D eigenvalue weighted by molar-refractivity contribution is -0.142. The van der Waals surface area contributed by atoms with Crippen LogP contribution in [0.1, 0.15) is 97.5 Å². The van der Waals surface area contributed by atoms with E-state index in [9.17, 15) is 19.2 Å². The van der Waals surface area contributed by atoms with Gasteiger partial charge in [-0.05, 0) is 77.0 Å². The minimum absolute atomic E-state index is 0.0230. The van der Waals surface area contributed by atoms with Gasteiger partial charge in [-0.1, -0.05) is 77.8 Å². The van der Waals surface area contributed by atoms with Crippen molar-refractivity contribution in [1.82, 2.24) is 45.2 Å². The summed E-state index contributed by atoms with van der Waals surface area (Å²) in [6, 6.07) is 14.5. The van der Waals surface area contributed by atoms with Crippen molar-refractivity contribution in [2.24, 2.45) is 10.9 Å². The van der Waals surface area contributed by atoms with E-state index in [2.05, 4.69) is 54.9 Å². The van der Waals surface area contributed by atoms with Gasteiger partial charge in [-0.3, -0.25) is 28.7 Å². The fraction of sp³-hybridized carbons (Fsp3) is 0.468. The molecule has 3 aliphatic rings. The average molecular weight is 955 g/mol. The van der Waals surface area contributed by atoms with Crippen LogP contribution >= 0.6 is 34.5 Å². The quantitative estimate of drug-likeness (QED) is 0.0746. The first-order chi connectivity index (χ1) is 32.0. The van der Waals surface area contributed by atoms with Crippen LogP contribution in [0.2, 0.25) is 5.02 Å². The molecule has 2 aliphatic heterocycles. The summed E-state index contributed by atoms with van der Waals surface area (Å²) in [5, 5.41) is 27.5. The van der Waals surface area contributed by atoms with Crippen LogP contribution in [0.4, 0.5) is 5.00 Å². The molecule has 1 saturated carbocycles. The maximum atomic E-state index is 14.4. The van der Waals surface area contributed by atoms with E-state index in [1.807, 2.05) is 66.1 Å². The van der Waals surface area contributed by atoms with E-state index in [-0.39, 0.29) is 49.1 Å². The number of hydrogen-bond donors (Lipinski definition) is 4. The second kappa shape index (κ2) is 21.5. The molecule has 1 saturated heterocycles. The number of aliphatic imine (C=N–C) groups is 1. The van der Waals surface area contributed by atoms with Crippen LogP contribution in [0.25, 0.3) is 16.3 Å². The zero-order valence-electron chi connectivity index (χ0n) is 37.6. The molecule has 348 valence electrons. The number of fused-ring (bicyclic) bond motifs is 3. The number of carbonyl (C=O) groups excluding carboxylic acids is 4. The smallest absolute Gasteiger partial charge is 0.247 e. The van der Waals surface area contributed by atoms with Gasteiger partial charge >= 0.3 is 0 Å². The number of hydrogen-bond acceptors (Lipinski definition) is 13. The summed E-state index contributed by atoms with van der Waals surface area (Å²) in [5.41, 5.74) is 5.22. The molecule has 0 spiro atoms. The second-order valence-corrected chi connectivity index (χ2v) is 19.5. The normalized spacial score (nSPS) is 18.1. The van der Waals surface area contributed by atoms with Crippen molar-refractivity contribution >= 4 is 68.8 Å². The van der Waals surface area contributed by atoms with Gasteiger partial charge in [-0.25, -0.2) is 0 Å². The maximum absolute atomic E-state index is 14.4. The van der Waals surface area contributed by atoms with Gasteiger partial charge in [0.05, 0.1) is 31.4 Å². The van der Waals surface area contributed by atoms with Crippen molar-refractivity contribution in [3.63, 3.8) is 0 Å². The highest BCUT2D eigenvalue weighted by Crippen LogP contribution is 2.40. The molecule has 4 N–H and O–H groups in total. The van der Waals surface area contributed by atoms with Gasteiger partial charge < -0.3 is 30.9 Å². The Morgan fingerprint density at radius 2 is 1.65 bits per heavy atom. The lowest BCUT2D eigenvalue weighted by Crippen LogP contribution is -2.58. The number of aryl methyl sites for hydroxylation is 2. The number of anilines is 1. The molecule has 0 radical (unpaired) electrons. The van der Waals surface area contributed by atoms with Crippen LogP contribution < -0.4 is 21.3 Å². The summed E-state index contributed by atoms with van der Waals surface area (Å²) in [6.07, 6.45) is 5.99. The monoisotopic (exact) mass is 953 g/mol. The second-order valence-electron chi connectivity index (χ2n) is 17.1. The minimum atomic E-state index is -0.741. The van der Waals surface area contributed by atoms with Gasteiger partial charge in [-0.15, -0.1) is 26.6 Å². The van der Waals surface area contributed by atoms with Crippen molar-refractivity contribution in [1.29, 1.82) is 0 Å². The predicted molar refractivity (Wildman–Crippen MR) is 256 cm³/mol. The Bertz CT molecular complexity index is 2550. The molecule has 4 amide bonds. The molecule has 16 nitrogen and oxygen atoms in total. The van der Waals surface area contributed by atoms with Crippen LogP contribution in [-0.2, 0) is 23.9 Å². The highest BCUT2D eigenvalue weighted by molar-refractivity contribution is 7.15. The number of rotatable bonds is 17. The maximum Gasteiger partial charge on any atom is 0.247 e. The molecule has 3 aromatic heterocycles. The summed E-state index contributed by atoms with van der Waals surface area (Å²) in [7, 11) is 0. The Morgan fingerprint density at radius 1 is 0.894 bits per heavy atom.